The second-order valence-electron chi connectivity index (χ2n) is 7.67. The lowest BCUT2D eigenvalue weighted by atomic mass is 10.0. The number of methoxy groups -OCH3 is 1. The van der Waals surface area contributed by atoms with Crippen molar-refractivity contribution in [2.75, 3.05) is 30.8 Å². The van der Waals surface area contributed by atoms with Gasteiger partial charge in [-0.2, -0.15) is 13.2 Å². The molecule has 30 heavy (non-hydrogen) atoms. The second kappa shape index (κ2) is 6.89. The molecular weight excluding hydrogens is 412 g/mol. The van der Waals surface area contributed by atoms with E-state index in [4.69, 9.17) is 10.5 Å². The van der Waals surface area contributed by atoms with Crippen LogP contribution in [0.5, 0.6) is 5.75 Å². The molecule has 1 saturated heterocycles. The number of aromatic nitrogens is 2. The van der Waals surface area contributed by atoms with Gasteiger partial charge >= 0.3 is 11.9 Å². The molecule has 4 rings (SSSR count). The number of halogens is 4. The molecule has 1 saturated carbocycles. The van der Waals surface area contributed by atoms with Crippen LogP contribution in [0, 0.1) is 11.7 Å². The Morgan fingerprint density at radius 1 is 1.27 bits per heavy atom. The monoisotopic (exact) mass is 432 g/mol. The van der Waals surface area contributed by atoms with Crippen molar-refractivity contribution in [3.63, 3.8) is 0 Å². The molecule has 2 aliphatic rings. The number of H-pyrrole nitrogens is 1. The number of hydrogen-bond donors (Lipinski definition) is 3. The predicted octanol–water partition coefficient (Wildman–Crippen LogP) is 1.50. The summed E-state index contributed by atoms with van der Waals surface area (Å²) in [7, 11) is 1.22. The highest BCUT2D eigenvalue weighted by Gasteiger charge is 2.46. The number of ether oxygens (including phenoxy) is 1. The Hall–Kier alpha value is -2.76. The maximum atomic E-state index is 15.3. The fourth-order valence-electron chi connectivity index (χ4n) is 4.14. The molecule has 164 valence electrons. The third-order valence-electron chi connectivity index (χ3n) is 5.73. The molecule has 0 amide bonds. The molecular formula is C18H20F4N4O4. The van der Waals surface area contributed by atoms with Crippen LogP contribution in [0.2, 0.25) is 0 Å². The largest absolute Gasteiger partial charge is 0.492 e. The Morgan fingerprint density at radius 2 is 1.93 bits per heavy atom. The fourth-order valence-corrected chi connectivity index (χ4v) is 4.14. The Kier molecular flexibility index (Phi) is 4.71. The number of aliphatic hydroxyl groups is 1. The van der Waals surface area contributed by atoms with Gasteiger partial charge in [0.05, 0.1) is 18.2 Å². The van der Waals surface area contributed by atoms with Crippen molar-refractivity contribution >= 4 is 22.3 Å². The first-order chi connectivity index (χ1) is 14.1. The van der Waals surface area contributed by atoms with Crippen molar-refractivity contribution in [3.05, 3.63) is 26.7 Å². The molecule has 2 atom stereocenters. The van der Waals surface area contributed by atoms with E-state index in [0.717, 1.165) is 0 Å². The van der Waals surface area contributed by atoms with Crippen LogP contribution < -0.4 is 26.6 Å². The number of fused-ring (bicyclic) bond motifs is 1. The third kappa shape index (κ3) is 3.09. The zero-order valence-electron chi connectivity index (χ0n) is 15.9. The molecule has 1 aromatic heterocycles. The Morgan fingerprint density at radius 3 is 2.50 bits per heavy atom. The van der Waals surface area contributed by atoms with Gasteiger partial charge in [-0.25, -0.2) is 9.18 Å². The molecule has 8 nitrogen and oxygen atoms in total. The van der Waals surface area contributed by atoms with E-state index < -0.39 is 41.0 Å². The number of aliphatic hydroxyl groups excluding tert-OH is 1. The number of anilines is 2. The molecule has 2 aromatic rings. The van der Waals surface area contributed by atoms with Gasteiger partial charge in [0.15, 0.2) is 17.7 Å². The number of nitrogens with two attached hydrogens (primary N) is 1. The van der Waals surface area contributed by atoms with Gasteiger partial charge in [0.25, 0.3) is 5.56 Å². The maximum absolute atomic E-state index is 15.3. The number of aromatic amines is 1. The van der Waals surface area contributed by atoms with Gasteiger partial charge in [-0.1, -0.05) is 0 Å². The van der Waals surface area contributed by atoms with E-state index >= 15 is 4.39 Å². The number of nitrogen functional groups attached to an aromatic ring is 1. The van der Waals surface area contributed by atoms with Gasteiger partial charge in [0.2, 0.25) is 0 Å². The molecule has 2 heterocycles. The number of nitrogens with zero attached hydrogens (tertiary/aromatic N) is 2. The van der Waals surface area contributed by atoms with Crippen LogP contribution >= 0.6 is 0 Å². The summed E-state index contributed by atoms with van der Waals surface area (Å²) < 4.78 is 60.6. The van der Waals surface area contributed by atoms with Gasteiger partial charge in [0, 0.05) is 25.0 Å². The number of alkyl halides is 3. The van der Waals surface area contributed by atoms with E-state index in [1.54, 1.807) is 0 Å². The lowest BCUT2D eigenvalue weighted by Gasteiger charge is -2.26. The first-order valence-corrected chi connectivity index (χ1v) is 9.39. The molecule has 2 unspecified atom stereocenters. The predicted molar refractivity (Wildman–Crippen MR) is 100 cm³/mol. The number of nitrogens with one attached hydrogen (secondary N) is 1. The molecule has 1 aliphatic carbocycles. The summed E-state index contributed by atoms with van der Waals surface area (Å²) in [4.78, 5) is 28.2. The Bertz CT molecular complexity index is 1120. The Labute approximate surface area is 166 Å². The number of rotatable bonds is 4. The molecule has 0 bridgehead atoms. The summed E-state index contributed by atoms with van der Waals surface area (Å²) >= 11 is 0. The van der Waals surface area contributed by atoms with Crippen LogP contribution in [0.4, 0.5) is 28.9 Å². The van der Waals surface area contributed by atoms with Gasteiger partial charge in [-0.05, 0) is 19.3 Å². The summed E-state index contributed by atoms with van der Waals surface area (Å²) in [5, 5.41) is 9.33. The van der Waals surface area contributed by atoms with Crippen LogP contribution in [-0.4, -0.2) is 47.1 Å². The normalized spacial score (nSPS) is 20.7. The smallest absolute Gasteiger partial charge is 0.414 e. The summed E-state index contributed by atoms with van der Waals surface area (Å²) in [5.41, 5.74) is 3.60. The van der Waals surface area contributed by atoms with Crippen molar-refractivity contribution < 1.29 is 27.4 Å². The highest BCUT2D eigenvalue weighted by molar-refractivity contribution is 5.99. The van der Waals surface area contributed by atoms with E-state index in [1.807, 2.05) is 0 Å². The van der Waals surface area contributed by atoms with Gasteiger partial charge in [0.1, 0.15) is 11.2 Å². The summed E-state index contributed by atoms with van der Waals surface area (Å²) in [5.74, 6) is -2.34. The van der Waals surface area contributed by atoms with Crippen LogP contribution in [0.15, 0.2) is 9.59 Å². The van der Waals surface area contributed by atoms with Gasteiger partial charge < -0.3 is 20.5 Å². The van der Waals surface area contributed by atoms with E-state index in [2.05, 4.69) is 4.98 Å². The van der Waals surface area contributed by atoms with Crippen LogP contribution in [-0.2, 0) is 0 Å². The van der Waals surface area contributed by atoms with Crippen LogP contribution in [0.3, 0.4) is 0 Å². The molecule has 0 spiro atoms. The van der Waals surface area contributed by atoms with E-state index in [0.29, 0.717) is 12.8 Å². The minimum atomic E-state index is -4.80. The zero-order chi connectivity index (χ0) is 22.0. The maximum Gasteiger partial charge on any atom is 0.414 e. The molecule has 0 radical (unpaired) electrons. The lowest BCUT2D eigenvalue weighted by molar-refractivity contribution is -0.217. The molecule has 1 aromatic carbocycles. The fraction of sp³-hybridized carbons (Fsp3) is 0.556. The van der Waals surface area contributed by atoms with E-state index in [-0.39, 0.29) is 47.9 Å². The average molecular weight is 432 g/mol. The first-order valence-electron chi connectivity index (χ1n) is 9.39. The van der Waals surface area contributed by atoms with Gasteiger partial charge in [-0.3, -0.25) is 14.3 Å². The summed E-state index contributed by atoms with van der Waals surface area (Å²) in [6.45, 7) is -0.289. The van der Waals surface area contributed by atoms with Crippen molar-refractivity contribution in [2.24, 2.45) is 5.92 Å². The van der Waals surface area contributed by atoms with E-state index in [9.17, 15) is 27.9 Å². The van der Waals surface area contributed by atoms with Crippen LogP contribution in [0.25, 0.3) is 10.9 Å². The third-order valence-corrected chi connectivity index (χ3v) is 5.73. The molecule has 12 heteroatoms. The minimum Gasteiger partial charge on any atom is -0.492 e. The molecule has 1 aliphatic heterocycles. The second-order valence-corrected chi connectivity index (χ2v) is 7.67. The van der Waals surface area contributed by atoms with Gasteiger partial charge in [-0.15, -0.1) is 0 Å². The van der Waals surface area contributed by atoms with Crippen molar-refractivity contribution in [1.29, 1.82) is 0 Å². The first kappa shape index (κ1) is 20.5. The minimum absolute atomic E-state index is 0.00683. The molecule has 2 fully saturated rings. The van der Waals surface area contributed by atoms with Crippen LogP contribution in [0.1, 0.15) is 25.3 Å². The highest BCUT2D eigenvalue weighted by atomic mass is 19.4. The quantitative estimate of drug-likeness (QED) is 0.499. The van der Waals surface area contributed by atoms with Crippen molar-refractivity contribution in [3.8, 4) is 5.75 Å². The molecule has 4 N–H and O–H groups in total. The van der Waals surface area contributed by atoms with Crippen molar-refractivity contribution in [2.45, 2.75) is 37.6 Å². The summed E-state index contributed by atoms with van der Waals surface area (Å²) in [6.07, 6.45) is -6.06. The summed E-state index contributed by atoms with van der Waals surface area (Å²) in [6, 6.07) is -0.221. The SMILES string of the molecule is COc1c(N2CCC(C(O)C(F)(F)F)C2)c(F)c(N)c2c(=O)[nH]c(=O)n(C3CC3)c12. The average Bonchev–Trinajstić information content (AvgIpc) is 3.38. The van der Waals surface area contributed by atoms with E-state index in [1.165, 1.54) is 16.6 Å². The topological polar surface area (TPSA) is 114 Å². The lowest BCUT2D eigenvalue weighted by Crippen LogP contribution is -2.37. The zero-order valence-corrected chi connectivity index (χ0v) is 15.9. The highest BCUT2D eigenvalue weighted by Crippen LogP contribution is 2.46. The van der Waals surface area contributed by atoms with Crippen molar-refractivity contribution in [1.82, 2.24) is 9.55 Å². The number of benzene rings is 1. The Balaban J connectivity index is 1.92. The number of hydrogen-bond acceptors (Lipinski definition) is 6. The standard InChI is InChI=1S/C18H20F4N4O4/c1-30-14-12-9(16(28)24-17(29)26(12)8-2-3-8)11(23)10(19)13(14)25-5-4-7(6-25)15(27)18(20,21)22/h7-8,15,27H,2-6,23H2,1H3,(H,24,28,29).